The van der Waals surface area contributed by atoms with Gasteiger partial charge in [-0.1, -0.05) is 12.1 Å². The van der Waals surface area contributed by atoms with Crippen molar-refractivity contribution >= 4 is 23.0 Å². The van der Waals surface area contributed by atoms with E-state index in [1.807, 2.05) is 0 Å². The second-order valence-electron chi connectivity index (χ2n) is 2.45. The molecule has 13 heavy (non-hydrogen) atoms. The Hall–Kier alpha value is -0.300. The van der Waals surface area contributed by atoms with Crippen molar-refractivity contribution in [1.29, 1.82) is 0 Å². The summed E-state index contributed by atoms with van der Waals surface area (Å²) < 4.78 is 41.0. The van der Waals surface area contributed by atoms with Gasteiger partial charge in [-0.25, -0.2) is 0 Å². The van der Waals surface area contributed by atoms with Crippen LogP contribution in [0.1, 0.15) is 11.1 Å². The highest BCUT2D eigenvalue weighted by atomic mass is 127. The molecule has 0 atom stereocenters. The Bertz CT molecular complexity index is 268. The van der Waals surface area contributed by atoms with Crippen molar-refractivity contribution in [2.45, 2.75) is 12.8 Å². The number of alkyl halides is 3. The number of hydrogen-bond acceptors (Lipinski definition) is 1. The van der Waals surface area contributed by atoms with E-state index in [-0.39, 0.29) is 0 Å². The Morgan fingerprint density at radius 2 is 1.69 bits per heavy atom. The van der Waals surface area contributed by atoms with Gasteiger partial charge in [0.2, 0.25) is 0 Å². The predicted molar refractivity (Wildman–Crippen MR) is 50.3 cm³/mol. The van der Waals surface area contributed by atoms with Crippen molar-refractivity contribution in [3.05, 3.63) is 35.4 Å². The third kappa shape index (κ3) is 3.15. The number of hydrogen-bond donors (Lipinski definition) is 0. The van der Waals surface area contributed by atoms with E-state index in [1.54, 1.807) is 23.0 Å². The lowest BCUT2D eigenvalue weighted by molar-refractivity contribution is -0.137. The van der Waals surface area contributed by atoms with Gasteiger partial charge in [0.05, 0.1) is 12.2 Å². The van der Waals surface area contributed by atoms with Crippen molar-refractivity contribution in [2.24, 2.45) is 0 Å². The maximum Gasteiger partial charge on any atom is 0.416 e. The van der Waals surface area contributed by atoms with Crippen LogP contribution in [0.15, 0.2) is 24.3 Å². The first-order valence-corrected chi connectivity index (χ1v) is 4.32. The van der Waals surface area contributed by atoms with Gasteiger partial charge in [0, 0.05) is 0 Å². The summed E-state index contributed by atoms with van der Waals surface area (Å²) in [4.78, 5) is 0. The molecule has 5 heteroatoms. The third-order valence-electron chi connectivity index (χ3n) is 1.50. The lowest BCUT2D eigenvalue weighted by Gasteiger charge is -2.06. The fourth-order valence-corrected chi connectivity index (χ4v) is 1.21. The van der Waals surface area contributed by atoms with Crippen molar-refractivity contribution < 1.29 is 16.2 Å². The summed E-state index contributed by atoms with van der Waals surface area (Å²) in [6.07, 6.45) is -4.26. The highest BCUT2D eigenvalue weighted by Gasteiger charge is 2.29. The van der Waals surface area contributed by atoms with Crippen LogP contribution in [0.3, 0.4) is 0 Å². The van der Waals surface area contributed by atoms with Crippen molar-refractivity contribution in [3.63, 3.8) is 0 Å². The lowest BCUT2D eigenvalue weighted by Crippen LogP contribution is -2.04. The number of halogens is 4. The molecule has 0 aliphatic heterocycles. The average molecular weight is 302 g/mol. The minimum atomic E-state index is -4.26. The standard InChI is InChI=1S/C8H6F3IO/c9-8(10,11)7-3-1-6(2-4-7)5-13-12/h1-4H,5H2. The van der Waals surface area contributed by atoms with Crippen LogP contribution in [-0.2, 0) is 15.8 Å². The normalized spacial score (nSPS) is 11.7. The van der Waals surface area contributed by atoms with E-state index >= 15 is 0 Å². The van der Waals surface area contributed by atoms with Crippen molar-refractivity contribution in [2.75, 3.05) is 0 Å². The zero-order valence-electron chi connectivity index (χ0n) is 6.44. The monoisotopic (exact) mass is 302 g/mol. The smallest absolute Gasteiger partial charge is 0.311 e. The molecule has 0 bridgehead atoms. The Kier molecular flexibility index (Phi) is 3.55. The molecule has 0 spiro atoms. The number of benzene rings is 1. The summed E-state index contributed by atoms with van der Waals surface area (Å²) in [7, 11) is 0. The van der Waals surface area contributed by atoms with E-state index in [2.05, 4.69) is 0 Å². The van der Waals surface area contributed by atoms with Gasteiger partial charge in [-0.15, -0.1) is 0 Å². The second-order valence-corrected chi connectivity index (χ2v) is 3.07. The Balaban J connectivity index is 2.81. The molecular weight excluding hydrogens is 296 g/mol. The minimum absolute atomic E-state index is 0.318. The maximum absolute atomic E-state index is 12.1. The topological polar surface area (TPSA) is 9.23 Å². The molecule has 0 amide bonds. The fourth-order valence-electron chi connectivity index (χ4n) is 0.853. The number of rotatable bonds is 2. The zero-order chi connectivity index (χ0) is 9.90. The lowest BCUT2D eigenvalue weighted by atomic mass is 10.1. The zero-order valence-corrected chi connectivity index (χ0v) is 8.59. The molecule has 1 aromatic rings. The molecule has 0 heterocycles. The molecule has 0 aliphatic rings. The van der Waals surface area contributed by atoms with E-state index in [0.29, 0.717) is 6.61 Å². The van der Waals surface area contributed by atoms with Crippen LogP contribution >= 0.6 is 23.0 Å². The summed E-state index contributed by atoms with van der Waals surface area (Å²) in [5.74, 6) is 0. The quantitative estimate of drug-likeness (QED) is 0.759. The van der Waals surface area contributed by atoms with Gasteiger partial charge in [0.1, 0.15) is 23.0 Å². The molecule has 1 aromatic carbocycles. The predicted octanol–water partition coefficient (Wildman–Crippen LogP) is 3.57. The molecule has 0 N–H and O–H groups in total. The third-order valence-corrected chi connectivity index (χ3v) is 1.81. The highest BCUT2D eigenvalue weighted by molar-refractivity contribution is 14.1. The fraction of sp³-hybridized carbons (Fsp3) is 0.250. The van der Waals surface area contributed by atoms with Gasteiger partial charge in [-0.3, -0.25) is 0 Å². The van der Waals surface area contributed by atoms with Crippen LogP contribution < -0.4 is 0 Å². The Morgan fingerprint density at radius 3 is 2.08 bits per heavy atom. The van der Waals surface area contributed by atoms with Crippen LogP contribution in [0.4, 0.5) is 13.2 Å². The summed E-state index contributed by atoms with van der Waals surface area (Å²) in [6, 6.07) is 4.90. The maximum atomic E-state index is 12.1. The molecule has 0 saturated heterocycles. The van der Waals surface area contributed by atoms with E-state index in [1.165, 1.54) is 12.1 Å². The minimum Gasteiger partial charge on any atom is -0.311 e. The van der Waals surface area contributed by atoms with Crippen LogP contribution in [-0.4, -0.2) is 0 Å². The first-order chi connectivity index (χ1) is 6.04. The molecule has 0 radical (unpaired) electrons. The van der Waals surface area contributed by atoms with Gasteiger partial charge >= 0.3 is 6.18 Å². The first-order valence-electron chi connectivity index (χ1n) is 3.43. The first kappa shape index (κ1) is 10.8. The molecular formula is C8H6F3IO. The molecule has 0 aliphatic carbocycles. The summed E-state index contributed by atoms with van der Waals surface area (Å²) in [6.45, 7) is 0.318. The van der Waals surface area contributed by atoms with Crippen LogP contribution in [0, 0.1) is 0 Å². The van der Waals surface area contributed by atoms with Gasteiger partial charge in [0.25, 0.3) is 0 Å². The van der Waals surface area contributed by atoms with Crippen LogP contribution in [0.5, 0.6) is 0 Å². The Labute approximate surface area is 87.6 Å². The van der Waals surface area contributed by atoms with Gasteiger partial charge in [0.15, 0.2) is 0 Å². The summed E-state index contributed by atoms with van der Waals surface area (Å²) in [5.41, 5.74) is 0.0899. The molecule has 0 fully saturated rings. The van der Waals surface area contributed by atoms with E-state index in [4.69, 9.17) is 3.07 Å². The van der Waals surface area contributed by atoms with Gasteiger partial charge < -0.3 is 3.07 Å². The average Bonchev–Trinajstić information content (AvgIpc) is 2.04. The molecule has 1 rings (SSSR count). The molecule has 0 saturated carbocycles. The van der Waals surface area contributed by atoms with Gasteiger partial charge in [-0.2, -0.15) is 13.2 Å². The van der Waals surface area contributed by atoms with E-state index in [9.17, 15) is 13.2 Å². The Morgan fingerprint density at radius 1 is 1.15 bits per heavy atom. The highest BCUT2D eigenvalue weighted by Crippen LogP contribution is 2.29. The van der Waals surface area contributed by atoms with Gasteiger partial charge in [-0.05, 0) is 17.7 Å². The molecule has 1 nitrogen and oxygen atoms in total. The molecule has 0 aromatic heterocycles. The van der Waals surface area contributed by atoms with E-state index in [0.717, 1.165) is 17.7 Å². The van der Waals surface area contributed by atoms with Crippen LogP contribution in [0.25, 0.3) is 0 Å². The largest absolute Gasteiger partial charge is 0.416 e. The van der Waals surface area contributed by atoms with Crippen molar-refractivity contribution in [3.8, 4) is 0 Å². The molecule has 0 unspecified atom stereocenters. The summed E-state index contributed by atoms with van der Waals surface area (Å²) >= 11 is 1.69. The SMILES string of the molecule is FC(F)(F)c1ccc(COI)cc1. The van der Waals surface area contributed by atoms with Crippen LogP contribution in [0.2, 0.25) is 0 Å². The second kappa shape index (κ2) is 4.28. The van der Waals surface area contributed by atoms with Crippen molar-refractivity contribution in [1.82, 2.24) is 0 Å². The summed E-state index contributed by atoms with van der Waals surface area (Å²) in [5, 5.41) is 0. The molecule has 72 valence electrons. The van der Waals surface area contributed by atoms with E-state index < -0.39 is 11.7 Å².